The minimum absolute atomic E-state index is 0.0706. The molecule has 0 saturated heterocycles. The molecule has 0 bridgehead atoms. The molecule has 1 aromatic heterocycles. The van der Waals surface area contributed by atoms with Gasteiger partial charge in [-0.25, -0.2) is 31.1 Å². The van der Waals surface area contributed by atoms with Crippen molar-refractivity contribution < 1.29 is 31.3 Å². The van der Waals surface area contributed by atoms with Crippen LogP contribution in [-0.2, 0) is 16.8 Å². The van der Waals surface area contributed by atoms with Gasteiger partial charge in [0, 0.05) is 6.92 Å². The Kier molecular flexibility index (Phi) is 7.01. The Bertz CT molecular complexity index is 1450. The number of carbonyl (C=O) groups excluding carboxylic acids is 1. The molecular weight excluding hydrogens is 513 g/mol. The lowest BCUT2D eigenvalue weighted by Crippen LogP contribution is -2.47. The first-order chi connectivity index (χ1) is 18.7. The molecular formula is C30H27F5N3O+. The fraction of sp³-hybridized carbons (Fsp3) is 0.267. The van der Waals surface area contributed by atoms with Crippen molar-refractivity contribution in [1.82, 2.24) is 4.57 Å². The van der Waals surface area contributed by atoms with E-state index in [1.165, 1.54) is 4.57 Å². The molecule has 3 aromatic carbocycles. The number of benzene rings is 3. The van der Waals surface area contributed by atoms with Gasteiger partial charge in [-0.2, -0.15) is 0 Å². The van der Waals surface area contributed by atoms with Gasteiger partial charge in [-0.1, -0.05) is 60.7 Å². The second-order valence-electron chi connectivity index (χ2n) is 10.00. The van der Waals surface area contributed by atoms with Gasteiger partial charge in [0.05, 0.1) is 5.56 Å². The Hall–Kier alpha value is -4.01. The highest BCUT2D eigenvalue weighted by Gasteiger charge is 2.51. The second-order valence-corrected chi connectivity index (χ2v) is 10.00. The summed E-state index contributed by atoms with van der Waals surface area (Å²) in [5.41, 5.74) is 5.82. The Morgan fingerprint density at radius 2 is 1.38 bits per heavy atom. The lowest BCUT2D eigenvalue weighted by molar-refractivity contribution is -0.694. The Morgan fingerprint density at radius 3 is 1.90 bits per heavy atom. The summed E-state index contributed by atoms with van der Waals surface area (Å²) in [6, 6.07) is 18.8. The predicted octanol–water partition coefficient (Wildman–Crippen LogP) is 5.64. The minimum atomic E-state index is -2.18. The monoisotopic (exact) mass is 540 g/mol. The molecule has 4 aromatic rings. The number of carbonyl (C=O) groups is 1. The van der Waals surface area contributed by atoms with Crippen LogP contribution in [-0.4, -0.2) is 10.5 Å². The number of halogens is 5. The molecule has 1 amide bonds. The average molecular weight is 541 g/mol. The van der Waals surface area contributed by atoms with Gasteiger partial charge in [0.25, 0.3) is 5.82 Å². The van der Waals surface area contributed by atoms with Crippen LogP contribution >= 0.6 is 0 Å². The number of nitrogens with zero attached hydrogens (tertiary/aromatic N) is 2. The summed E-state index contributed by atoms with van der Waals surface area (Å²) >= 11 is 0. The van der Waals surface area contributed by atoms with Crippen LogP contribution < -0.4 is 10.3 Å². The Balaban J connectivity index is 1.49. The smallest absolute Gasteiger partial charge is 0.253 e. The SMILES string of the molecule is Cc1n(C2CCC(C(C(N)=O)(c3ccccc3)c3ccccc3)C2)cc[n+]1Cc1c(F)c(F)c(F)c(F)c1F. The summed E-state index contributed by atoms with van der Waals surface area (Å²) in [5.74, 6) is -9.82. The molecule has 1 aliphatic rings. The zero-order valence-electron chi connectivity index (χ0n) is 21.2. The van der Waals surface area contributed by atoms with E-state index in [9.17, 15) is 26.7 Å². The summed E-state index contributed by atoms with van der Waals surface area (Å²) in [4.78, 5) is 13.3. The molecule has 1 heterocycles. The fourth-order valence-corrected chi connectivity index (χ4v) is 6.16. The third-order valence-corrected chi connectivity index (χ3v) is 8.08. The van der Waals surface area contributed by atoms with Crippen LogP contribution in [0.2, 0.25) is 0 Å². The maximum absolute atomic E-state index is 14.3. The van der Waals surface area contributed by atoms with Crippen LogP contribution in [0.4, 0.5) is 22.0 Å². The largest absolute Gasteiger partial charge is 0.369 e. The molecule has 1 aliphatic carbocycles. The number of rotatable bonds is 7. The van der Waals surface area contributed by atoms with Gasteiger partial charge in [-0.05, 0) is 36.3 Å². The molecule has 5 rings (SSSR count). The van der Waals surface area contributed by atoms with E-state index in [0.29, 0.717) is 25.1 Å². The molecule has 2 atom stereocenters. The molecule has 1 fully saturated rings. The van der Waals surface area contributed by atoms with E-state index in [-0.39, 0.29) is 12.0 Å². The van der Waals surface area contributed by atoms with Crippen LogP contribution in [0.5, 0.6) is 0 Å². The first-order valence-electron chi connectivity index (χ1n) is 12.7. The van der Waals surface area contributed by atoms with Crippen molar-refractivity contribution in [2.75, 3.05) is 0 Å². The molecule has 4 nitrogen and oxygen atoms in total. The normalized spacial score (nSPS) is 17.5. The zero-order valence-corrected chi connectivity index (χ0v) is 21.2. The van der Waals surface area contributed by atoms with Gasteiger partial charge in [-0.3, -0.25) is 4.79 Å². The fourth-order valence-electron chi connectivity index (χ4n) is 6.16. The lowest BCUT2D eigenvalue weighted by Gasteiger charge is -2.37. The van der Waals surface area contributed by atoms with Crippen LogP contribution in [0.15, 0.2) is 73.1 Å². The molecule has 0 aliphatic heterocycles. The van der Waals surface area contributed by atoms with Crippen molar-refractivity contribution in [3.05, 3.63) is 125 Å². The number of nitrogens with two attached hydrogens (primary N) is 1. The van der Waals surface area contributed by atoms with Crippen molar-refractivity contribution in [2.45, 2.75) is 44.2 Å². The van der Waals surface area contributed by atoms with Gasteiger partial charge in [0.1, 0.15) is 30.4 Å². The van der Waals surface area contributed by atoms with Gasteiger partial charge in [0.2, 0.25) is 11.7 Å². The van der Waals surface area contributed by atoms with Gasteiger partial charge in [-0.15, -0.1) is 0 Å². The van der Waals surface area contributed by atoms with E-state index in [2.05, 4.69) is 0 Å². The van der Waals surface area contributed by atoms with E-state index < -0.39 is 52.5 Å². The number of imidazole rings is 1. The molecule has 2 unspecified atom stereocenters. The van der Waals surface area contributed by atoms with E-state index in [1.807, 2.05) is 65.2 Å². The first-order valence-corrected chi connectivity index (χ1v) is 12.7. The standard InChI is InChI=1S/C30H26F5N3O/c1-18-37(17-23-24(31)26(33)28(35)27(34)25(23)32)14-15-38(18)22-13-12-21(16-22)30(29(36)39,19-8-4-2-5-9-19)20-10-6-3-7-11-20/h2-11,14-15,21-22H,12-13,16-17H2,1H3,(H-,36,39)/p+1. The van der Waals surface area contributed by atoms with Crippen LogP contribution in [0, 0.1) is 41.9 Å². The molecule has 9 heteroatoms. The average Bonchev–Trinajstić information content (AvgIpc) is 3.57. The van der Waals surface area contributed by atoms with Gasteiger partial charge >= 0.3 is 0 Å². The van der Waals surface area contributed by atoms with E-state index in [4.69, 9.17) is 5.73 Å². The number of hydrogen-bond donors (Lipinski definition) is 1. The molecule has 2 N–H and O–H groups in total. The lowest BCUT2D eigenvalue weighted by atomic mass is 9.64. The zero-order chi connectivity index (χ0) is 27.9. The van der Waals surface area contributed by atoms with E-state index in [1.54, 1.807) is 19.3 Å². The van der Waals surface area contributed by atoms with Crippen molar-refractivity contribution in [1.29, 1.82) is 0 Å². The van der Waals surface area contributed by atoms with Gasteiger partial charge < -0.3 is 5.73 Å². The minimum Gasteiger partial charge on any atom is -0.369 e. The highest BCUT2D eigenvalue weighted by atomic mass is 19.2. The number of primary amides is 1. The Labute approximate surface area is 222 Å². The summed E-state index contributed by atoms with van der Waals surface area (Å²) in [7, 11) is 0. The topological polar surface area (TPSA) is 51.9 Å². The maximum Gasteiger partial charge on any atom is 0.253 e. The third kappa shape index (κ3) is 4.30. The number of aromatic nitrogens is 2. The molecule has 1 saturated carbocycles. The second kappa shape index (κ2) is 10.3. The molecule has 0 radical (unpaired) electrons. The maximum atomic E-state index is 14.3. The van der Waals surface area contributed by atoms with Crippen molar-refractivity contribution in [3.63, 3.8) is 0 Å². The van der Waals surface area contributed by atoms with E-state index >= 15 is 0 Å². The summed E-state index contributed by atoms with van der Waals surface area (Å²) in [5, 5.41) is 0. The van der Waals surface area contributed by atoms with E-state index in [0.717, 1.165) is 11.1 Å². The summed E-state index contributed by atoms with van der Waals surface area (Å²) in [6.07, 6.45) is 5.26. The first kappa shape index (κ1) is 26.6. The van der Waals surface area contributed by atoms with Gasteiger partial charge in [0.15, 0.2) is 23.3 Å². The van der Waals surface area contributed by atoms with Crippen molar-refractivity contribution in [3.8, 4) is 0 Å². The summed E-state index contributed by atoms with van der Waals surface area (Å²) in [6.45, 7) is 1.19. The van der Waals surface area contributed by atoms with Crippen LogP contribution in [0.3, 0.4) is 0 Å². The number of amides is 1. The predicted molar refractivity (Wildman–Crippen MR) is 134 cm³/mol. The highest BCUT2D eigenvalue weighted by Crippen LogP contribution is 2.50. The molecule has 0 spiro atoms. The quantitative estimate of drug-likeness (QED) is 0.140. The van der Waals surface area contributed by atoms with Crippen molar-refractivity contribution in [2.24, 2.45) is 11.7 Å². The van der Waals surface area contributed by atoms with Crippen LogP contribution in [0.1, 0.15) is 47.8 Å². The number of hydrogen-bond acceptors (Lipinski definition) is 1. The van der Waals surface area contributed by atoms with Crippen molar-refractivity contribution >= 4 is 5.91 Å². The third-order valence-electron chi connectivity index (χ3n) is 8.08. The summed E-state index contributed by atoms with van der Waals surface area (Å²) < 4.78 is 73.0. The Morgan fingerprint density at radius 1 is 0.872 bits per heavy atom. The molecule has 39 heavy (non-hydrogen) atoms. The van der Waals surface area contributed by atoms with Crippen LogP contribution in [0.25, 0.3) is 0 Å². The molecule has 202 valence electrons. The highest BCUT2D eigenvalue weighted by molar-refractivity contribution is 5.91.